The molecule has 1 N–H and O–H groups in total. The number of nitrogens with one attached hydrogen (secondary N) is 1. The van der Waals surface area contributed by atoms with Gasteiger partial charge in [-0.25, -0.2) is 17.7 Å². The molecule has 1 aromatic carbocycles. The minimum atomic E-state index is -0.556. The second-order valence-electron chi connectivity index (χ2n) is 4.54. The van der Waals surface area contributed by atoms with Crippen molar-refractivity contribution in [2.75, 3.05) is 13.2 Å². The van der Waals surface area contributed by atoms with Gasteiger partial charge in [0, 0.05) is 18.0 Å². The van der Waals surface area contributed by atoms with E-state index in [0.29, 0.717) is 26.1 Å². The summed E-state index contributed by atoms with van der Waals surface area (Å²) < 4.78 is 51.1. The molecular weight excluding hydrogens is 288 g/mol. The molecule has 0 bridgehead atoms. The maximum Gasteiger partial charge on any atom is 0.157 e. The van der Waals surface area contributed by atoms with Gasteiger partial charge < -0.3 is 9.47 Å². The number of thiol groups is 1. The highest BCUT2D eigenvalue weighted by Gasteiger charge is 2.20. The molecule has 7 heteroatoms. The molecule has 4 nitrogen and oxygen atoms in total. The Hall–Kier alpha value is -0.890. The molecule has 1 aliphatic heterocycles. The van der Waals surface area contributed by atoms with E-state index in [1.165, 1.54) is 0 Å². The van der Waals surface area contributed by atoms with Crippen LogP contribution in [0.5, 0.6) is 0 Å². The Morgan fingerprint density at radius 2 is 2.10 bits per heavy atom. The van der Waals surface area contributed by atoms with Gasteiger partial charge in [0.2, 0.25) is 0 Å². The molecule has 1 fully saturated rings. The van der Waals surface area contributed by atoms with E-state index in [-0.39, 0.29) is 23.7 Å². The fraction of sp³-hybridized carbons (Fsp3) is 0.538. The number of benzene rings is 1. The van der Waals surface area contributed by atoms with Gasteiger partial charge >= 0.3 is 0 Å². The van der Waals surface area contributed by atoms with Crippen LogP contribution in [0.1, 0.15) is 30.9 Å². The minimum Gasteiger partial charge on any atom is -0.353 e. The van der Waals surface area contributed by atoms with E-state index in [2.05, 4.69) is 4.72 Å². The average Bonchev–Trinajstić information content (AvgIpc) is 2.47. The first kappa shape index (κ1) is 15.5. The summed E-state index contributed by atoms with van der Waals surface area (Å²) in [5.74, 6) is -1.06. The van der Waals surface area contributed by atoms with E-state index in [4.69, 9.17) is 9.47 Å². The normalized spacial score (nSPS) is 18.1. The highest BCUT2D eigenvalue weighted by atomic mass is 32.2. The van der Waals surface area contributed by atoms with Crippen molar-refractivity contribution in [3.63, 3.8) is 0 Å². The van der Waals surface area contributed by atoms with E-state index in [9.17, 15) is 13.0 Å². The molecule has 0 unspecified atom stereocenters. The molecule has 1 aromatic rings. The Kier molecular flexibility index (Phi) is 6.03. The third-order valence-corrected chi connectivity index (χ3v) is 3.55. The van der Waals surface area contributed by atoms with Crippen molar-refractivity contribution in [2.24, 2.45) is 0 Å². The predicted octanol–water partition coefficient (Wildman–Crippen LogP) is 2.00. The molecule has 0 saturated carbocycles. The summed E-state index contributed by atoms with van der Waals surface area (Å²) in [5, 5.41) is 0. The van der Waals surface area contributed by atoms with Crippen LogP contribution in [0.3, 0.4) is 0 Å². The summed E-state index contributed by atoms with van der Waals surface area (Å²) in [5.41, 5.74) is 0.157. The number of hydrogen-bond donors (Lipinski definition) is 2. The van der Waals surface area contributed by atoms with Gasteiger partial charge in [-0.15, -0.1) is 0 Å². The highest BCUT2D eigenvalue weighted by molar-refractivity contribution is 7.63. The number of hydrogen-bond acceptors (Lipinski definition) is 3. The van der Waals surface area contributed by atoms with Crippen LogP contribution in [-0.4, -0.2) is 23.7 Å². The van der Waals surface area contributed by atoms with Crippen LogP contribution in [0.15, 0.2) is 18.2 Å². The van der Waals surface area contributed by atoms with Gasteiger partial charge in [-0.2, -0.15) is 0 Å². The van der Waals surface area contributed by atoms with Gasteiger partial charge in [-0.1, -0.05) is 0 Å². The van der Waals surface area contributed by atoms with Crippen LogP contribution in [-0.2, 0) is 21.3 Å². The second-order valence-corrected chi connectivity index (χ2v) is 4.98. The SMILES string of the molecule is O=[SH]N[C@H](CCC1OCCCO1)c1cc(F)ccc1F. The van der Waals surface area contributed by atoms with E-state index in [0.717, 1.165) is 24.6 Å². The van der Waals surface area contributed by atoms with Gasteiger partial charge in [0.15, 0.2) is 6.29 Å². The van der Waals surface area contributed by atoms with Crippen molar-refractivity contribution in [1.29, 1.82) is 0 Å². The van der Waals surface area contributed by atoms with E-state index in [1.807, 2.05) is 0 Å². The predicted molar refractivity (Wildman–Crippen MR) is 71.3 cm³/mol. The Bertz CT molecular complexity index is 455. The molecule has 0 aliphatic carbocycles. The van der Waals surface area contributed by atoms with E-state index >= 15 is 0 Å². The quantitative estimate of drug-likeness (QED) is 0.790. The molecule has 0 aromatic heterocycles. The zero-order valence-corrected chi connectivity index (χ0v) is 11.7. The van der Waals surface area contributed by atoms with Crippen LogP contribution in [0.25, 0.3) is 0 Å². The first-order valence-electron chi connectivity index (χ1n) is 6.46. The Labute approximate surface area is 120 Å². The zero-order chi connectivity index (χ0) is 14.4. The molecule has 0 spiro atoms. The Balaban J connectivity index is 2.01. The van der Waals surface area contributed by atoms with Gasteiger partial charge in [-0.3, -0.25) is 0 Å². The van der Waals surface area contributed by atoms with E-state index in [1.54, 1.807) is 0 Å². The maximum atomic E-state index is 13.7. The summed E-state index contributed by atoms with van der Waals surface area (Å²) in [6, 6.07) is 2.67. The lowest BCUT2D eigenvalue weighted by Crippen LogP contribution is -2.27. The molecule has 112 valence electrons. The summed E-state index contributed by atoms with van der Waals surface area (Å²) in [4.78, 5) is 0. The topological polar surface area (TPSA) is 47.6 Å². The summed E-state index contributed by atoms with van der Waals surface area (Å²) in [6.45, 7) is 1.27. The third kappa shape index (κ3) is 4.31. The fourth-order valence-electron chi connectivity index (χ4n) is 2.14. The first-order chi connectivity index (χ1) is 9.70. The average molecular weight is 305 g/mol. The minimum absolute atomic E-state index is 0.157. The molecule has 1 aliphatic rings. The Morgan fingerprint density at radius 1 is 1.35 bits per heavy atom. The fourth-order valence-corrected chi connectivity index (χ4v) is 2.54. The molecular formula is C13H17F2NO3S. The van der Waals surface area contributed by atoms with Crippen molar-refractivity contribution < 1.29 is 22.5 Å². The zero-order valence-electron chi connectivity index (χ0n) is 10.9. The van der Waals surface area contributed by atoms with Crippen molar-refractivity contribution in [3.05, 3.63) is 35.4 Å². The van der Waals surface area contributed by atoms with Crippen LogP contribution in [0.4, 0.5) is 8.78 Å². The summed E-state index contributed by atoms with van der Waals surface area (Å²) >= 11 is -0.330. The van der Waals surface area contributed by atoms with Crippen LogP contribution >= 0.6 is 0 Å². The van der Waals surface area contributed by atoms with Crippen LogP contribution in [0, 0.1) is 11.6 Å². The summed E-state index contributed by atoms with van der Waals surface area (Å²) in [7, 11) is 0. The van der Waals surface area contributed by atoms with Gasteiger partial charge in [0.1, 0.15) is 11.6 Å². The van der Waals surface area contributed by atoms with Crippen LogP contribution in [0.2, 0.25) is 0 Å². The molecule has 2 rings (SSSR count). The first-order valence-corrected chi connectivity index (χ1v) is 7.28. The van der Waals surface area contributed by atoms with Crippen molar-refractivity contribution in [3.8, 4) is 0 Å². The van der Waals surface area contributed by atoms with Gasteiger partial charge in [0.05, 0.1) is 25.1 Å². The number of halogens is 2. The number of rotatable bonds is 6. The van der Waals surface area contributed by atoms with Gasteiger partial charge in [0.25, 0.3) is 0 Å². The smallest absolute Gasteiger partial charge is 0.157 e. The van der Waals surface area contributed by atoms with Crippen molar-refractivity contribution in [1.82, 2.24) is 4.72 Å². The standard InChI is InChI=1S/C13H17F2NO3S/c14-9-2-3-11(15)10(8-9)12(16-20-17)4-5-13-18-6-1-7-19-13/h2-3,8,12-13,20H,1,4-7H2,(H,16,17)/t12-/m1/s1. The molecule has 1 saturated heterocycles. The number of ether oxygens (including phenoxy) is 2. The third-order valence-electron chi connectivity index (χ3n) is 3.13. The largest absolute Gasteiger partial charge is 0.353 e. The Morgan fingerprint density at radius 3 is 2.80 bits per heavy atom. The lowest BCUT2D eigenvalue weighted by Gasteiger charge is -2.25. The van der Waals surface area contributed by atoms with Crippen LogP contribution < -0.4 is 4.72 Å². The molecule has 0 amide bonds. The van der Waals surface area contributed by atoms with Crippen molar-refractivity contribution in [2.45, 2.75) is 31.6 Å². The molecule has 1 heterocycles. The molecule has 1 atom stereocenters. The lowest BCUT2D eigenvalue weighted by molar-refractivity contribution is -0.182. The molecule has 20 heavy (non-hydrogen) atoms. The highest BCUT2D eigenvalue weighted by Crippen LogP contribution is 2.24. The lowest BCUT2D eigenvalue weighted by atomic mass is 10.0. The van der Waals surface area contributed by atoms with Crippen molar-refractivity contribution >= 4 is 11.9 Å². The van der Waals surface area contributed by atoms with E-state index < -0.39 is 17.7 Å². The monoisotopic (exact) mass is 305 g/mol. The maximum absolute atomic E-state index is 13.7. The summed E-state index contributed by atoms with van der Waals surface area (Å²) in [6.07, 6.45) is 1.47. The molecule has 0 radical (unpaired) electrons. The van der Waals surface area contributed by atoms with Gasteiger partial charge in [-0.05, 0) is 31.0 Å². The second kappa shape index (κ2) is 7.78.